The van der Waals surface area contributed by atoms with Crippen LogP contribution in [0.5, 0.6) is 0 Å². The molecule has 0 bridgehead atoms. The average Bonchev–Trinajstić information content (AvgIpc) is 2.61. The first-order chi connectivity index (χ1) is 6.83. The lowest BCUT2D eigenvalue weighted by Crippen LogP contribution is -2.00. The second-order valence-electron chi connectivity index (χ2n) is 3.00. The number of carbonyl (C=O) groups is 1. The van der Waals surface area contributed by atoms with Gasteiger partial charge in [-0.05, 0) is 12.3 Å². The van der Waals surface area contributed by atoms with Gasteiger partial charge in [-0.1, -0.05) is 18.2 Å². The first-order valence-electron chi connectivity index (χ1n) is 4.31. The van der Waals surface area contributed by atoms with E-state index < -0.39 is 0 Å². The summed E-state index contributed by atoms with van der Waals surface area (Å²) in [6, 6.07) is 8.04. The number of Topliss-reactive ketones (excluding diaryl/α,β-unsaturated/α-hetero) is 1. The van der Waals surface area contributed by atoms with Gasteiger partial charge in [0.2, 0.25) is 0 Å². The summed E-state index contributed by atoms with van der Waals surface area (Å²) in [6.07, 6.45) is 1.95. The Bertz CT molecular complexity index is 459. The van der Waals surface area contributed by atoms with Crippen LogP contribution in [-0.4, -0.2) is 17.8 Å². The Morgan fingerprint density at radius 3 is 3.00 bits per heavy atom. The van der Waals surface area contributed by atoms with Crippen molar-refractivity contribution in [2.45, 2.75) is 0 Å². The topological polar surface area (TPSA) is 17.1 Å². The minimum absolute atomic E-state index is 0.231. The molecule has 0 saturated carbocycles. The minimum atomic E-state index is 0.231. The van der Waals surface area contributed by atoms with Crippen molar-refractivity contribution in [2.24, 2.45) is 0 Å². The molecular formula is C11H10OS2. The summed E-state index contributed by atoms with van der Waals surface area (Å²) in [5, 5.41) is 3.06. The summed E-state index contributed by atoms with van der Waals surface area (Å²) in [4.78, 5) is 11.7. The van der Waals surface area contributed by atoms with E-state index in [1.807, 2.05) is 29.8 Å². The van der Waals surface area contributed by atoms with Gasteiger partial charge in [0.1, 0.15) is 0 Å². The fraction of sp³-hybridized carbons (Fsp3) is 0.182. The van der Waals surface area contributed by atoms with Crippen LogP contribution in [-0.2, 0) is 0 Å². The highest BCUT2D eigenvalue weighted by atomic mass is 32.2. The Morgan fingerprint density at radius 2 is 2.21 bits per heavy atom. The number of fused-ring (bicyclic) bond motifs is 1. The van der Waals surface area contributed by atoms with Gasteiger partial charge in [0, 0.05) is 21.0 Å². The third-order valence-corrected chi connectivity index (χ3v) is 3.57. The maximum atomic E-state index is 11.7. The fourth-order valence-corrected chi connectivity index (χ4v) is 2.79. The second kappa shape index (κ2) is 4.15. The van der Waals surface area contributed by atoms with Gasteiger partial charge in [0.05, 0.1) is 5.75 Å². The van der Waals surface area contributed by atoms with Crippen LogP contribution in [0.1, 0.15) is 10.4 Å². The Kier molecular flexibility index (Phi) is 2.89. The lowest BCUT2D eigenvalue weighted by molar-refractivity contribution is 0.102. The lowest BCUT2D eigenvalue weighted by atomic mass is 10.1. The molecule has 0 N–H and O–H groups in total. The monoisotopic (exact) mass is 222 g/mol. The molecule has 2 rings (SSSR count). The van der Waals surface area contributed by atoms with Crippen molar-refractivity contribution in [2.75, 3.05) is 12.0 Å². The van der Waals surface area contributed by atoms with Crippen molar-refractivity contribution in [1.82, 2.24) is 0 Å². The minimum Gasteiger partial charge on any atom is -0.293 e. The molecule has 0 saturated heterocycles. The van der Waals surface area contributed by atoms with Gasteiger partial charge in [-0.2, -0.15) is 11.8 Å². The summed E-state index contributed by atoms with van der Waals surface area (Å²) in [5.74, 6) is 0.802. The Balaban J connectivity index is 2.47. The molecule has 3 heteroatoms. The quantitative estimate of drug-likeness (QED) is 0.740. The zero-order valence-corrected chi connectivity index (χ0v) is 9.45. The number of benzene rings is 1. The zero-order chi connectivity index (χ0) is 9.97. The molecule has 0 spiro atoms. The Labute approximate surface area is 91.1 Å². The number of thiophene rings is 1. The van der Waals surface area contributed by atoms with Crippen LogP contribution < -0.4 is 0 Å². The van der Waals surface area contributed by atoms with Gasteiger partial charge in [-0.25, -0.2) is 0 Å². The molecule has 0 aliphatic carbocycles. The van der Waals surface area contributed by atoms with Crippen LogP contribution in [0.3, 0.4) is 0 Å². The average molecular weight is 222 g/mol. The Hall–Kier alpha value is -0.800. The molecule has 1 aromatic carbocycles. The summed E-state index contributed by atoms with van der Waals surface area (Å²) < 4.78 is 1.19. The molecule has 14 heavy (non-hydrogen) atoms. The van der Waals surface area contributed by atoms with Crippen LogP contribution >= 0.6 is 23.1 Å². The van der Waals surface area contributed by atoms with E-state index in [1.54, 1.807) is 23.1 Å². The molecule has 0 aliphatic rings. The van der Waals surface area contributed by atoms with Crippen LogP contribution in [0.2, 0.25) is 0 Å². The highest BCUT2D eigenvalue weighted by Crippen LogP contribution is 2.26. The number of carbonyl (C=O) groups excluding carboxylic acids is 1. The van der Waals surface area contributed by atoms with Crippen LogP contribution in [0.25, 0.3) is 10.1 Å². The van der Waals surface area contributed by atoms with Crippen molar-refractivity contribution in [3.05, 3.63) is 35.2 Å². The van der Waals surface area contributed by atoms with Crippen molar-refractivity contribution >= 4 is 39.0 Å². The summed E-state index contributed by atoms with van der Waals surface area (Å²) in [6.45, 7) is 0. The molecule has 1 nitrogen and oxygen atoms in total. The molecule has 0 atom stereocenters. The highest BCUT2D eigenvalue weighted by molar-refractivity contribution is 7.99. The lowest BCUT2D eigenvalue weighted by Gasteiger charge is -1.95. The molecule has 0 unspecified atom stereocenters. The standard InChI is InChI=1S/C11H10OS2/c1-13-7-10(12)9-6-14-11-5-3-2-4-8(9)11/h2-6H,7H2,1H3. The van der Waals surface area contributed by atoms with Gasteiger partial charge in [0.25, 0.3) is 0 Å². The van der Waals surface area contributed by atoms with E-state index in [0.717, 1.165) is 10.9 Å². The van der Waals surface area contributed by atoms with E-state index in [9.17, 15) is 4.79 Å². The predicted octanol–water partition coefficient (Wildman–Crippen LogP) is 3.45. The molecule has 0 fully saturated rings. The molecule has 72 valence electrons. The van der Waals surface area contributed by atoms with Crippen LogP contribution in [0, 0.1) is 0 Å². The highest BCUT2D eigenvalue weighted by Gasteiger charge is 2.10. The number of rotatable bonds is 3. The van der Waals surface area contributed by atoms with E-state index in [1.165, 1.54) is 4.70 Å². The third kappa shape index (κ3) is 1.70. The van der Waals surface area contributed by atoms with E-state index in [-0.39, 0.29) is 5.78 Å². The molecular weight excluding hydrogens is 212 g/mol. The summed E-state index contributed by atoms with van der Waals surface area (Å²) in [5.41, 5.74) is 0.875. The van der Waals surface area contributed by atoms with Crippen molar-refractivity contribution < 1.29 is 4.79 Å². The number of hydrogen-bond donors (Lipinski definition) is 0. The smallest absolute Gasteiger partial charge is 0.174 e. The van der Waals surface area contributed by atoms with E-state index in [0.29, 0.717) is 5.75 Å². The molecule has 0 aliphatic heterocycles. The van der Waals surface area contributed by atoms with Crippen LogP contribution in [0.4, 0.5) is 0 Å². The summed E-state index contributed by atoms with van der Waals surface area (Å²) in [7, 11) is 0. The normalized spacial score (nSPS) is 10.6. The first-order valence-corrected chi connectivity index (χ1v) is 6.58. The Morgan fingerprint density at radius 1 is 1.43 bits per heavy atom. The molecule has 0 radical (unpaired) electrons. The van der Waals surface area contributed by atoms with Gasteiger partial charge >= 0.3 is 0 Å². The molecule has 0 amide bonds. The fourth-order valence-electron chi connectivity index (χ4n) is 1.40. The van der Waals surface area contributed by atoms with E-state index in [4.69, 9.17) is 0 Å². The van der Waals surface area contributed by atoms with Crippen LogP contribution in [0.15, 0.2) is 29.6 Å². The van der Waals surface area contributed by atoms with E-state index in [2.05, 4.69) is 6.07 Å². The predicted molar refractivity (Wildman–Crippen MR) is 64.5 cm³/mol. The largest absolute Gasteiger partial charge is 0.293 e. The molecule has 1 heterocycles. The number of hydrogen-bond acceptors (Lipinski definition) is 3. The molecule has 1 aromatic heterocycles. The molecule has 2 aromatic rings. The van der Waals surface area contributed by atoms with Crippen molar-refractivity contribution in [3.63, 3.8) is 0 Å². The van der Waals surface area contributed by atoms with Crippen molar-refractivity contribution in [3.8, 4) is 0 Å². The van der Waals surface area contributed by atoms with E-state index >= 15 is 0 Å². The zero-order valence-electron chi connectivity index (χ0n) is 7.82. The van der Waals surface area contributed by atoms with Gasteiger partial charge in [-0.3, -0.25) is 4.79 Å². The summed E-state index contributed by atoms with van der Waals surface area (Å²) >= 11 is 3.21. The second-order valence-corrected chi connectivity index (χ2v) is 4.78. The third-order valence-electron chi connectivity index (χ3n) is 2.06. The van der Waals surface area contributed by atoms with Gasteiger partial charge in [0.15, 0.2) is 5.78 Å². The maximum Gasteiger partial charge on any atom is 0.174 e. The van der Waals surface area contributed by atoms with Crippen molar-refractivity contribution in [1.29, 1.82) is 0 Å². The number of ketones is 1. The first kappa shape index (κ1) is 9.74. The number of thioether (sulfide) groups is 1. The SMILES string of the molecule is CSCC(=O)c1csc2ccccc12. The van der Waals surface area contributed by atoms with Gasteiger partial charge < -0.3 is 0 Å². The van der Waals surface area contributed by atoms with Gasteiger partial charge in [-0.15, -0.1) is 11.3 Å². The maximum absolute atomic E-state index is 11.7.